The van der Waals surface area contributed by atoms with Crippen molar-refractivity contribution < 1.29 is 33.1 Å². The third-order valence-electron chi connectivity index (χ3n) is 7.89. The van der Waals surface area contributed by atoms with Gasteiger partial charge in [-0.3, -0.25) is 4.68 Å². The van der Waals surface area contributed by atoms with Gasteiger partial charge in [0.2, 0.25) is 5.88 Å². The first-order valence-electron chi connectivity index (χ1n) is 14.1. The van der Waals surface area contributed by atoms with Crippen LogP contribution < -0.4 is 14.8 Å². The van der Waals surface area contributed by atoms with E-state index in [4.69, 9.17) is 4.74 Å². The number of amides is 2. The molecule has 5 N–H and O–H groups in total. The normalized spacial score (nSPS) is 18.8. The molecule has 3 aromatic rings. The molecule has 5 rings (SSSR count). The minimum Gasteiger partial charge on any atom is -0.474 e. The molecule has 0 saturated heterocycles. The number of nitrogens with one attached hydrogen (secondary N) is 2. The van der Waals surface area contributed by atoms with Crippen LogP contribution in [0.25, 0.3) is 11.1 Å². The lowest BCUT2D eigenvalue weighted by atomic mass is 9.60. The summed E-state index contributed by atoms with van der Waals surface area (Å²) >= 11 is 0. The SMILES string of the molecule is CC(C)(Cn1ccc(S(=O)(=O)NC(=O)Nc2c(-c3ccnc(O[C@H]4CC[C@@H](O)CC4)c3)ccc3c2CCC3)n1)B(O)O. The molecule has 42 heavy (non-hydrogen) atoms. The molecule has 2 aliphatic carbocycles. The van der Waals surface area contributed by atoms with Crippen molar-refractivity contribution in [3.63, 3.8) is 0 Å². The minimum absolute atomic E-state index is 0.0343. The number of aryl methyl sites for hydroxylation is 1. The second kappa shape index (κ2) is 12.0. The Hall–Kier alpha value is -3.46. The Morgan fingerprint density at radius 3 is 2.64 bits per heavy atom. The first-order valence-corrected chi connectivity index (χ1v) is 15.6. The summed E-state index contributed by atoms with van der Waals surface area (Å²) in [5.74, 6) is 0.444. The highest BCUT2D eigenvalue weighted by atomic mass is 32.2. The van der Waals surface area contributed by atoms with Crippen LogP contribution in [-0.2, 0) is 29.4 Å². The first kappa shape index (κ1) is 30.0. The van der Waals surface area contributed by atoms with Crippen molar-refractivity contribution in [1.29, 1.82) is 0 Å². The number of aliphatic hydroxyl groups excluding tert-OH is 1. The number of carbonyl (C=O) groups excluding carboxylic acids is 1. The standard InChI is InChI=1S/C28H36BN5O7S/c1-28(2,29(37)38)17-34-15-13-25(32-34)42(39,40)33-27(36)31-26-22-5-3-4-18(22)6-11-23(26)19-12-14-30-24(16-19)41-21-9-7-20(35)8-10-21/h6,11-16,20-21,35,37-38H,3-5,7-10,17H2,1-2H3,(H2,31,33,36)/t20-,21+. The molecular formula is C28H36BN5O7S. The van der Waals surface area contributed by atoms with Gasteiger partial charge in [0.1, 0.15) is 6.10 Å². The molecule has 0 atom stereocenters. The van der Waals surface area contributed by atoms with Crippen LogP contribution in [0.1, 0.15) is 57.1 Å². The quantitative estimate of drug-likeness (QED) is 0.232. The predicted molar refractivity (Wildman–Crippen MR) is 156 cm³/mol. The van der Waals surface area contributed by atoms with E-state index in [-0.39, 0.29) is 23.8 Å². The van der Waals surface area contributed by atoms with Crippen LogP contribution >= 0.6 is 0 Å². The van der Waals surface area contributed by atoms with Crippen LogP contribution in [0.5, 0.6) is 5.88 Å². The Labute approximate surface area is 245 Å². The van der Waals surface area contributed by atoms with E-state index in [1.165, 1.54) is 16.9 Å². The number of anilines is 1. The second-order valence-corrected chi connectivity index (χ2v) is 13.3. The molecule has 0 unspecified atom stereocenters. The molecule has 224 valence electrons. The molecule has 1 saturated carbocycles. The van der Waals surface area contributed by atoms with Gasteiger partial charge in [0.25, 0.3) is 10.0 Å². The molecule has 12 nitrogen and oxygen atoms in total. The Balaban J connectivity index is 1.35. The van der Waals surface area contributed by atoms with E-state index in [9.17, 15) is 28.4 Å². The lowest BCUT2D eigenvalue weighted by molar-refractivity contribution is 0.0644. The van der Waals surface area contributed by atoms with Gasteiger partial charge in [-0.25, -0.2) is 14.5 Å². The third kappa shape index (κ3) is 6.78. The summed E-state index contributed by atoms with van der Waals surface area (Å²) in [4.78, 5) is 17.5. The summed E-state index contributed by atoms with van der Waals surface area (Å²) in [7, 11) is -5.95. The van der Waals surface area contributed by atoms with Gasteiger partial charge in [-0.1, -0.05) is 26.0 Å². The van der Waals surface area contributed by atoms with E-state index in [0.717, 1.165) is 48.8 Å². The Morgan fingerprint density at radius 2 is 1.90 bits per heavy atom. The maximum Gasteiger partial charge on any atom is 0.459 e. The van der Waals surface area contributed by atoms with Crippen LogP contribution in [0, 0.1) is 0 Å². The molecule has 0 bridgehead atoms. The van der Waals surface area contributed by atoms with Crippen molar-refractivity contribution in [2.75, 3.05) is 5.32 Å². The fourth-order valence-corrected chi connectivity index (χ4v) is 6.26. The molecule has 1 aromatic carbocycles. The number of hydrogen-bond donors (Lipinski definition) is 5. The van der Waals surface area contributed by atoms with Crippen molar-refractivity contribution in [2.45, 2.75) is 87.9 Å². The summed E-state index contributed by atoms with van der Waals surface area (Å²) in [6.45, 7) is 3.26. The maximum absolute atomic E-state index is 13.1. The number of nitrogens with zero attached hydrogens (tertiary/aromatic N) is 3. The molecule has 14 heteroatoms. The Morgan fingerprint density at radius 1 is 1.14 bits per heavy atom. The van der Waals surface area contributed by atoms with Crippen LogP contribution in [0.4, 0.5) is 10.5 Å². The van der Waals surface area contributed by atoms with Crippen molar-refractivity contribution in [2.24, 2.45) is 0 Å². The monoisotopic (exact) mass is 597 g/mol. The molecule has 2 amide bonds. The van der Waals surface area contributed by atoms with Crippen molar-refractivity contribution in [3.05, 3.63) is 53.9 Å². The van der Waals surface area contributed by atoms with E-state index in [0.29, 0.717) is 30.0 Å². The van der Waals surface area contributed by atoms with E-state index in [1.54, 1.807) is 26.1 Å². The van der Waals surface area contributed by atoms with Gasteiger partial charge < -0.3 is 25.2 Å². The van der Waals surface area contributed by atoms with E-state index < -0.39 is 28.5 Å². The zero-order valence-corrected chi connectivity index (χ0v) is 24.5. The number of urea groups is 1. The highest BCUT2D eigenvalue weighted by Gasteiger charge is 2.33. The van der Waals surface area contributed by atoms with Gasteiger partial charge in [-0.05, 0) is 73.8 Å². The maximum atomic E-state index is 13.1. The third-order valence-corrected chi connectivity index (χ3v) is 9.11. The molecular weight excluding hydrogens is 561 g/mol. The molecule has 2 heterocycles. The van der Waals surface area contributed by atoms with Crippen molar-refractivity contribution in [1.82, 2.24) is 19.5 Å². The van der Waals surface area contributed by atoms with Crippen LogP contribution in [0.3, 0.4) is 0 Å². The smallest absolute Gasteiger partial charge is 0.459 e. The van der Waals surface area contributed by atoms with Crippen molar-refractivity contribution >= 4 is 28.9 Å². The number of pyridine rings is 1. The number of benzene rings is 1. The van der Waals surface area contributed by atoms with Gasteiger partial charge in [-0.15, -0.1) is 0 Å². The summed E-state index contributed by atoms with van der Waals surface area (Å²) in [5, 5.41) is 34.3. The number of sulfonamides is 1. The number of ether oxygens (including phenoxy) is 1. The number of aromatic nitrogens is 3. The van der Waals surface area contributed by atoms with Crippen molar-refractivity contribution in [3.8, 4) is 17.0 Å². The summed E-state index contributed by atoms with van der Waals surface area (Å²) < 4.78 is 35.4. The van der Waals surface area contributed by atoms with Gasteiger partial charge in [-0.2, -0.15) is 13.5 Å². The number of rotatable bonds is 9. The highest BCUT2D eigenvalue weighted by Crippen LogP contribution is 2.38. The van der Waals surface area contributed by atoms with Gasteiger partial charge in [0, 0.05) is 35.9 Å². The summed E-state index contributed by atoms with van der Waals surface area (Å²) in [5.41, 5.74) is 4.05. The molecule has 2 aliphatic rings. The number of carbonyl (C=O) groups is 1. The van der Waals surface area contributed by atoms with E-state index in [1.807, 2.05) is 22.9 Å². The molecule has 0 radical (unpaired) electrons. The Kier molecular flexibility index (Phi) is 8.60. The predicted octanol–water partition coefficient (Wildman–Crippen LogP) is 2.88. The minimum atomic E-state index is -4.32. The zero-order valence-electron chi connectivity index (χ0n) is 23.7. The lowest BCUT2D eigenvalue weighted by Gasteiger charge is -2.25. The topological polar surface area (TPSA) is 176 Å². The average Bonchev–Trinajstić information content (AvgIpc) is 3.60. The van der Waals surface area contributed by atoms with Crippen LogP contribution in [0.15, 0.2) is 47.8 Å². The number of aliphatic hydroxyl groups is 1. The molecule has 0 aliphatic heterocycles. The number of fused-ring (bicyclic) bond motifs is 1. The average molecular weight is 598 g/mol. The summed E-state index contributed by atoms with van der Waals surface area (Å²) in [6, 6.07) is 7.86. The molecule has 0 spiro atoms. The largest absolute Gasteiger partial charge is 0.474 e. The molecule has 1 fully saturated rings. The first-order chi connectivity index (χ1) is 19.9. The zero-order chi connectivity index (χ0) is 30.1. The van der Waals surface area contributed by atoms with Gasteiger partial charge >= 0.3 is 13.1 Å². The highest BCUT2D eigenvalue weighted by molar-refractivity contribution is 7.90. The van der Waals surface area contributed by atoms with Crippen LogP contribution in [-0.4, -0.2) is 63.7 Å². The van der Waals surface area contributed by atoms with E-state index >= 15 is 0 Å². The fourth-order valence-electron chi connectivity index (χ4n) is 5.41. The number of hydrogen-bond acceptors (Lipinski definition) is 9. The molecule has 2 aromatic heterocycles. The van der Waals surface area contributed by atoms with E-state index in [2.05, 4.69) is 15.4 Å². The summed E-state index contributed by atoms with van der Waals surface area (Å²) in [6.07, 6.45) is 8.09. The fraction of sp³-hybridized carbons (Fsp3) is 0.464. The van der Waals surface area contributed by atoms with Gasteiger partial charge in [0.05, 0.1) is 11.8 Å². The van der Waals surface area contributed by atoms with Gasteiger partial charge in [0.15, 0.2) is 5.03 Å². The Bertz CT molecular complexity index is 1550. The second-order valence-electron chi connectivity index (χ2n) is 11.7. The lowest BCUT2D eigenvalue weighted by Crippen LogP contribution is -2.35. The van der Waals surface area contributed by atoms with Crippen LogP contribution in [0.2, 0.25) is 5.31 Å².